The maximum absolute atomic E-state index is 13.1. The van der Waals surface area contributed by atoms with Gasteiger partial charge in [0.25, 0.3) is 0 Å². The zero-order chi connectivity index (χ0) is 16.1. The highest BCUT2D eigenvalue weighted by Gasteiger charge is 2.19. The standard InChI is InChI=1S/C14H9ClFNO4S/c15-9-1-4-11(5-2-9)22-8-14(18)21-13-7-10(16)3-6-12(13)17(19)20/h1-7H,8H2. The summed E-state index contributed by atoms with van der Waals surface area (Å²) in [6.45, 7) is 0. The van der Waals surface area contributed by atoms with Gasteiger partial charge in [0, 0.05) is 22.1 Å². The minimum absolute atomic E-state index is 0.0741. The summed E-state index contributed by atoms with van der Waals surface area (Å²) in [6.07, 6.45) is 0. The number of ether oxygens (including phenoxy) is 1. The topological polar surface area (TPSA) is 69.4 Å². The Kier molecular flexibility index (Phi) is 5.35. The van der Waals surface area contributed by atoms with Crippen LogP contribution in [0.1, 0.15) is 0 Å². The molecule has 0 saturated heterocycles. The first-order valence-corrected chi connectivity index (χ1v) is 7.35. The Morgan fingerprint density at radius 2 is 1.95 bits per heavy atom. The van der Waals surface area contributed by atoms with Crippen LogP contribution in [0.4, 0.5) is 10.1 Å². The number of benzene rings is 2. The highest BCUT2D eigenvalue weighted by molar-refractivity contribution is 8.00. The largest absolute Gasteiger partial charge is 0.418 e. The van der Waals surface area contributed by atoms with Gasteiger partial charge in [0.2, 0.25) is 5.75 Å². The number of carbonyl (C=O) groups excluding carboxylic acids is 1. The van der Waals surface area contributed by atoms with E-state index < -0.39 is 28.1 Å². The van der Waals surface area contributed by atoms with Gasteiger partial charge in [0.05, 0.1) is 10.7 Å². The molecule has 22 heavy (non-hydrogen) atoms. The molecule has 0 atom stereocenters. The molecule has 0 aliphatic carbocycles. The molecule has 2 rings (SSSR count). The van der Waals surface area contributed by atoms with Crippen molar-refractivity contribution >= 4 is 35.0 Å². The van der Waals surface area contributed by atoms with Gasteiger partial charge in [0.1, 0.15) is 5.82 Å². The van der Waals surface area contributed by atoms with E-state index in [1.54, 1.807) is 24.3 Å². The number of nitrogens with zero attached hydrogens (tertiary/aromatic N) is 1. The van der Waals surface area contributed by atoms with E-state index in [2.05, 4.69) is 0 Å². The molecule has 8 heteroatoms. The third kappa shape index (κ3) is 4.44. The summed E-state index contributed by atoms with van der Waals surface area (Å²) in [5.41, 5.74) is -0.466. The van der Waals surface area contributed by atoms with Crippen LogP contribution in [0.3, 0.4) is 0 Å². The van der Waals surface area contributed by atoms with Crippen molar-refractivity contribution in [1.29, 1.82) is 0 Å². The third-order valence-electron chi connectivity index (χ3n) is 2.51. The molecular weight excluding hydrogens is 333 g/mol. The average molecular weight is 342 g/mol. The second kappa shape index (κ2) is 7.24. The molecular formula is C14H9ClFNO4S. The van der Waals surface area contributed by atoms with Crippen LogP contribution in [-0.4, -0.2) is 16.6 Å². The highest BCUT2D eigenvalue weighted by Crippen LogP contribution is 2.28. The molecule has 0 spiro atoms. The molecule has 0 bridgehead atoms. The lowest BCUT2D eigenvalue weighted by Gasteiger charge is -2.05. The smallest absolute Gasteiger partial charge is 0.321 e. The first-order chi connectivity index (χ1) is 10.5. The van der Waals surface area contributed by atoms with Crippen LogP contribution < -0.4 is 4.74 Å². The van der Waals surface area contributed by atoms with E-state index in [4.69, 9.17) is 16.3 Å². The molecule has 0 aliphatic heterocycles. The molecule has 2 aromatic carbocycles. The van der Waals surface area contributed by atoms with Crippen molar-refractivity contribution in [3.8, 4) is 5.75 Å². The van der Waals surface area contributed by atoms with Crippen molar-refractivity contribution in [3.05, 3.63) is 63.4 Å². The van der Waals surface area contributed by atoms with Crippen LogP contribution in [0, 0.1) is 15.9 Å². The Morgan fingerprint density at radius 3 is 2.59 bits per heavy atom. The van der Waals surface area contributed by atoms with E-state index in [1.165, 1.54) is 11.8 Å². The van der Waals surface area contributed by atoms with E-state index in [-0.39, 0.29) is 5.75 Å². The fraction of sp³-hybridized carbons (Fsp3) is 0.0714. The van der Waals surface area contributed by atoms with E-state index >= 15 is 0 Å². The van der Waals surface area contributed by atoms with Gasteiger partial charge in [-0.05, 0) is 30.3 Å². The molecule has 114 valence electrons. The first-order valence-electron chi connectivity index (χ1n) is 5.98. The number of nitro groups is 1. The van der Waals surface area contributed by atoms with Gasteiger partial charge in [-0.3, -0.25) is 14.9 Å². The molecule has 0 unspecified atom stereocenters. The second-order valence-electron chi connectivity index (χ2n) is 4.09. The van der Waals surface area contributed by atoms with E-state index in [0.29, 0.717) is 5.02 Å². The predicted octanol–water partition coefficient (Wildman–Crippen LogP) is 4.09. The van der Waals surface area contributed by atoms with E-state index in [0.717, 1.165) is 23.1 Å². The van der Waals surface area contributed by atoms with Gasteiger partial charge in [-0.25, -0.2) is 4.39 Å². The molecule has 0 N–H and O–H groups in total. The Morgan fingerprint density at radius 1 is 1.27 bits per heavy atom. The summed E-state index contributed by atoms with van der Waals surface area (Å²) < 4.78 is 18.0. The Labute approximate surface area is 134 Å². The lowest BCUT2D eigenvalue weighted by atomic mass is 10.3. The van der Waals surface area contributed by atoms with E-state index in [1.807, 2.05) is 0 Å². The maximum atomic E-state index is 13.1. The first kappa shape index (κ1) is 16.3. The number of carbonyl (C=O) groups is 1. The molecule has 0 heterocycles. The second-order valence-corrected chi connectivity index (χ2v) is 5.57. The van der Waals surface area contributed by atoms with Gasteiger partial charge in [-0.15, -0.1) is 11.8 Å². The van der Waals surface area contributed by atoms with Crippen molar-refractivity contribution in [2.45, 2.75) is 4.90 Å². The molecule has 0 aliphatic rings. The molecule has 2 aromatic rings. The van der Waals surface area contributed by atoms with Gasteiger partial charge in [-0.1, -0.05) is 11.6 Å². The van der Waals surface area contributed by atoms with Crippen molar-refractivity contribution in [2.24, 2.45) is 0 Å². The van der Waals surface area contributed by atoms with Gasteiger partial charge in [-0.2, -0.15) is 0 Å². The zero-order valence-electron chi connectivity index (χ0n) is 11.0. The fourth-order valence-electron chi connectivity index (χ4n) is 1.55. The Bertz CT molecular complexity index is 708. The minimum Gasteiger partial charge on any atom is -0.418 e. The zero-order valence-corrected chi connectivity index (χ0v) is 12.6. The van der Waals surface area contributed by atoms with Crippen molar-refractivity contribution in [2.75, 3.05) is 5.75 Å². The van der Waals surface area contributed by atoms with Crippen molar-refractivity contribution < 1.29 is 18.8 Å². The fourth-order valence-corrected chi connectivity index (χ4v) is 2.34. The van der Waals surface area contributed by atoms with Crippen molar-refractivity contribution in [1.82, 2.24) is 0 Å². The summed E-state index contributed by atoms with van der Waals surface area (Å²) in [5, 5.41) is 11.4. The molecule has 0 amide bonds. The number of nitro benzene ring substituents is 1. The Balaban J connectivity index is 2.01. The normalized spacial score (nSPS) is 10.3. The minimum atomic E-state index is -0.742. The van der Waals surface area contributed by atoms with Gasteiger partial charge in [0.15, 0.2) is 0 Å². The molecule has 0 fully saturated rings. The molecule has 0 radical (unpaired) electrons. The summed E-state index contributed by atoms with van der Waals surface area (Å²) in [6, 6.07) is 9.49. The summed E-state index contributed by atoms with van der Waals surface area (Å²) in [4.78, 5) is 22.6. The third-order valence-corrected chi connectivity index (χ3v) is 3.75. The SMILES string of the molecule is O=C(CSc1ccc(Cl)cc1)Oc1cc(F)ccc1[N+](=O)[O-]. The van der Waals surface area contributed by atoms with Gasteiger partial charge < -0.3 is 4.74 Å². The van der Waals surface area contributed by atoms with Crippen LogP contribution >= 0.6 is 23.4 Å². The average Bonchev–Trinajstić information content (AvgIpc) is 2.46. The monoisotopic (exact) mass is 341 g/mol. The van der Waals surface area contributed by atoms with Crippen LogP contribution in [0.15, 0.2) is 47.4 Å². The lowest BCUT2D eigenvalue weighted by Crippen LogP contribution is -2.12. The van der Waals surface area contributed by atoms with Crippen LogP contribution in [-0.2, 0) is 4.79 Å². The number of rotatable bonds is 5. The number of halogens is 2. The highest BCUT2D eigenvalue weighted by atomic mass is 35.5. The lowest BCUT2D eigenvalue weighted by molar-refractivity contribution is -0.385. The summed E-state index contributed by atoms with van der Waals surface area (Å²) in [5.74, 6) is -1.92. The quantitative estimate of drug-likeness (QED) is 0.269. The Hall–Kier alpha value is -2.12. The van der Waals surface area contributed by atoms with Crippen LogP contribution in [0.25, 0.3) is 0 Å². The maximum Gasteiger partial charge on any atom is 0.321 e. The number of hydrogen-bond donors (Lipinski definition) is 0. The van der Waals surface area contributed by atoms with Crippen molar-refractivity contribution in [3.63, 3.8) is 0 Å². The van der Waals surface area contributed by atoms with Crippen LogP contribution in [0.2, 0.25) is 5.02 Å². The molecule has 0 saturated carbocycles. The number of thioether (sulfide) groups is 1. The van der Waals surface area contributed by atoms with E-state index in [9.17, 15) is 19.3 Å². The van der Waals surface area contributed by atoms with Gasteiger partial charge >= 0.3 is 11.7 Å². The summed E-state index contributed by atoms with van der Waals surface area (Å²) >= 11 is 6.92. The predicted molar refractivity (Wildman–Crippen MR) is 80.9 cm³/mol. The summed E-state index contributed by atoms with van der Waals surface area (Å²) in [7, 11) is 0. The number of esters is 1. The van der Waals surface area contributed by atoms with Crippen LogP contribution in [0.5, 0.6) is 5.75 Å². The molecule has 0 aromatic heterocycles. The number of hydrogen-bond acceptors (Lipinski definition) is 5. The molecule has 5 nitrogen and oxygen atoms in total.